The van der Waals surface area contributed by atoms with Crippen molar-refractivity contribution in [1.29, 1.82) is 0 Å². The molecule has 0 aliphatic rings. The van der Waals surface area contributed by atoms with Gasteiger partial charge in [0.05, 0.1) is 16.3 Å². The van der Waals surface area contributed by atoms with Crippen LogP contribution in [-0.4, -0.2) is 20.3 Å². The number of benzene rings is 1. The lowest BCUT2D eigenvalue weighted by molar-refractivity contribution is 0.462. The van der Waals surface area contributed by atoms with Gasteiger partial charge in [0.25, 0.3) is 0 Å². The number of nitrogens with zero attached hydrogens (tertiary/aromatic N) is 3. The molecule has 1 heterocycles. The molecule has 0 saturated carbocycles. The van der Waals surface area contributed by atoms with E-state index in [1.165, 1.54) is 11.8 Å². The largest absolute Gasteiger partial charge is 0.507 e. The molecule has 0 fully saturated rings. The monoisotopic (exact) mass is 261 g/mol. The molecule has 1 aromatic heterocycles. The number of hydrogen-bond acceptors (Lipinski definition) is 5. The van der Waals surface area contributed by atoms with E-state index in [4.69, 9.17) is 0 Å². The van der Waals surface area contributed by atoms with E-state index in [9.17, 15) is 5.11 Å². The van der Waals surface area contributed by atoms with Gasteiger partial charge in [-0.05, 0) is 36.7 Å². The van der Waals surface area contributed by atoms with Gasteiger partial charge < -0.3 is 5.11 Å². The molecule has 4 nitrogen and oxygen atoms in total. The average molecular weight is 261 g/mol. The normalized spacial score (nSPS) is 10.6. The van der Waals surface area contributed by atoms with Gasteiger partial charge in [0, 0.05) is 0 Å². The van der Waals surface area contributed by atoms with Crippen molar-refractivity contribution >= 4 is 11.8 Å². The lowest BCUT2D eigenvalue weighted by Crippen LogP contribution is -2.03. The molecule has 5 heteroatoms. The molecule has 0 amide bonds. The summed E-state index contributed by atoms with van der Waals surface area (Å²) in [6.45, 7) is 4.10. The van der Waals surface area contributed by atoms with Gasteiger partial charge in [-0.3, -0.25) is 0 Å². The van der Waals surface area contributed by atoms with Crippen LogP contribution in [0.3, 0.4) is 0 Å². The Morgan fingerprint density at radius 2 is 1.78 bits per heavy atom. The van der Waals surface area contributed by atoms with Crippen LogP contribution in [0, 0.1) is 0 Å². The number of hydrogen-bond donors (Lipinski definition) is 1. The standard InChI is InChI=1S/C13H15N3OS/c1-3-9-10(4-2)15-16-13(14-9)18-12-8-6-5-7-11(12)17/h5-8,17H,3-4H2,1-2H3. The van der Waals surface area contributed by atoms with E-state index in [-0.39, 0.29) is 5.75 Å². The van der Waals surface area contributed by atoms with E-state index in [1.54, 1.807) is 12.1 Å². The molecule has 2 rings (SSSR count). The Morgan fingerprint density at radius 3 is 2.44 bits per heavy atom. The van der Waals surface area contributed by atoms with Crippen LogP contribution < -0.4 is 0 Å². The van der Waals surface area contributed by atoms with E-state index in [1.807, 2.05) is 19.1 Å². The average Bonchev–Trinajstić information content (AvgIpc) is 2.41. The van der Waals surface area contributed by atoms with E-state index >= 15 is 0 Å². The topological polar surface area (TPSA) is 58.9 Å². The number of rotatable bonds is 4. The highest BCUT2D eigenvalue weighted by atomic mass is 32.2. The maximum absolute atomic E-state index is 9.70. The maximum Gasteiger partial charge on any atom is 0.214 e. The minimum atomic E-state index is 0.240. The fraction of sp³-hybridized carbons (Fsp3) is 0.308. The highest BCUT2D eigenvalue weighted by molar-refractivity contribution is 7.99. The van der Waals surface area contributed by atoms with Crippen molar-refractivity contribution in [3.05, 3.63) is 35.7 Å². The summed E-state index contributed by atoms with van der Waals surface area (Å²) >= 11 is 1.33. The third kappa shape index (κ3) is 2.79. The van der Waals surface area contributed by atoms with Gasteiger partial charge in [-0.2, -0.15) is 5.10 Å². The zero-order valence-electron chi connectivity index (χ0n) is 10.4. The van der Waals surface area contributed by atoms with Crippen LogP contribution in [0.25, 0.3) is 0 Å². The number of phenols is 1. The van der Waals surface area contributed by atoms with Crippen LogP contribution in [-0.2, 0) is 12.8 Å². The molecule has 0 aliphatic heterocycles. The SMILES string of the molecule is CCc1nnc(Sc2ccccc2O)nc1CC. The van der Waals surface area contributed by atoms with E-state index < -0.39 is 0 Å². The van der Waals surface area contributed by atoms with Gasteiger partial charge in [0.2, 0.25) is 5.16 Å². The van der Waals surface area contributed by atoms with Crippen LogP contribution >= 0.6 is 11.8 Å². The summed E-state index contributed by atoms with van der Waals surface area (Å²) in [6, 6.07) is 7.15. The third-order valence-electron chi connectivity index (χ3n) is 2.56. The van der Waals surface area contributed by atoms with Gasteiger partial charge in [0.15, 0.2) is 0 Å². The van der Waals surface area contributed by atoms with Crippen LogP contribution in [0.15, 0.2) is 34.3 Å². The number of aryl methyl sites for hydroxylation is 2. The molecule has 0 unspecified atom stereocenters. The molecule has 1 aromatic carbocycles. The van der Waals surface area contributed by atoms with Crippen molar-refractivity contribution in [2.75, 3.05) is 0 Å². The summed E-state index contributed by atoms with van der Waals surface area (Å²) in [7, 11) is 0. The van der Waals surface area contributed by atoms with Crippen LogP contribution in [0.2, 0.25) is 0 Å². The lowest BCUT2D eigenvalue weighted by Gasteiger charge is -2.06. The fourth-order valence-corrected chi connectivity index (χ4v) is 2.36. The highest BCUT2D eigenvalue weighted by Crippen LogP contribution is 2.31. The predicted octanol–water partition coefficient (Wildman–Crippen LogP) is 2.85. The number of aromatic hydroxyl groups is 1. The van der Waals surface area contributed by atoms with Crippen molar-refractivity contribution < 1.29 is 5.11 Å². The molecule has 94 valence electrons. The second kappa shape index (κ2) is 5.82. The second-order valence-electron chi connectivity index (χ2n) is 3.76. The molecule has 0 bridgehead atoms. The van der Waals surface area contributed by atoms with E-state index in [0.29, 0.717) is 5.16 Å². The Labute approximate surface area is 110 Å². The van der Waals surface area contributed by atoms with Crippen LogP contribution in [0.5, 0.6) is 5.75 Å². The molecule has 0 saturated heterocycles. The summed E-state index contributed by atoms with van der Waals surface area (Å²) < 4.78 is 0. The van der Waals surface area contributed by atoms with Gasteiger partial charge in [-0.25, -0.2) is 4.98 Å². The number of para-hydroxylation sites is 1. The Balaban J connectivity index is 2.27. The van der Waals surface area contributed by atoms with Crippen molar-refractivity contribution in [3.63, 3.8) is 0 Å². The van der Waals surface area contributed by atoms with Gasteiger partial charge in [-0.1, -0.05) is 26.0 Å². The summed E-state index contributed by atoms with van der Waals surface area (Å²) in [6.07, 6.45) is 1.68. The van der Waals surface area contributed by atoms with E-state index in [2.05, 4.69) is 22.1 Å². The molecular weight excluding hydrogens is 246 g/mol. The quantitative estimate of drug-likeness (QED) is 0.917. The molecule has 0 aliphatic carbocycles. The third-order valence-corrected chi connectivity index (χ3v) is 3.48. The summed E-state index contributed by atoms with van der Waals surface area (Å²) in [5, 5.41) is 18.5. The first-order valence-corrected chi connectivity index (χ1v) is 6.74. The minimum absolute atomic E-state index is 0.240. The minimum Gasteiger partial charge on any atom is -0.507 e. The van der Waals surface area contributed by atoms with Gasteiger partial charge >= 0.3 is 0 Å². The van der Waals surface area contributed by atoms with Crippen LogP contribution in [0.4, 0.5) is 0 Å². The smallest absolute Gasteiger partial charge is 0.214 e. The first kappa shape index (κ1) is 12.8. The second-order valence-corrected chi connectivity index (χ2v) is 4.77. The summed E-state index contributed by atoms with van der Waals surface area (Å²) in [4.78, 5) is 5.22. The zero-order valence-corrected chi connectivity index (χ0v) is 11.2. The molecule has 1 N–H and O–H groups in total. The summed E-state index contributed by atoms with van der Waals surface area (Å²) in [5.74, 6) is 0.240. The highest BCUT2D eigenvalue weighted by Gasteiger charge is 2.09. The lowest BCUT2D eigenvalue weighted by atomic mass is 10.2. The molecule has 0 atom stereocenters. The number of phenolic OH excluding ortho intramolecular Hbond substituents is 1. The summed E-state index contributed by atoms with van der Waals surface area (Å²) in [5.41, 5.74) is 1.92. The van der Waals surface area contributed by atoms with Gasteiger partial charge in [-0.15, -0.1) is 5.10 Å². The maximum atomic E-state index is 9.70. The Morgan fingerprint density at radius 1 is 1.06 bits per heavy atom. The Bertz CT molecular complexity index is 546. The van der Waals surface area contributed by atoms with Crippen molar-refractivity contribution in [3.8, 4) is 5.75 Å². The molecule has 0 radical (unpaired) electrons. The van der Waals surface area contributed by atoms with Crippen molar-refractivity contribution in [1.82, 2.24) is 15.2 Å². The predicted molar refractivity (Wildman–Crippen MR) is 70.8 cm³/mol. The molecule has 18 heavy (non-hydrogen) atoms. The van der Waals surface area contributed by atoms with Crippen molar-refractivity contribution in [2.24, 2.45) is 0 Å². The van der Waals surface area contributed by atoms with Crippen molar-refractivity contribution in [2.45, 2.75) is 36.7 Å². The Hall–Kier alpha value is -1.62. The van der Waals surface area contributed by atoms with Crippen LogP contribution in [0.1, 0.15) is 25.2 Å². The van der Waals surface area contributed by atoms with Gasteiger partial charge in [0.1, 0.15) is 5.75 Å². The van der Waals surface area contributed by atoms with E-state index in [0.717, 1.165) is 29.1 Å². The Kier molecular flexibility index (Phi) is 4.15. The number of aromatic nitrogens is 3. The molecular formula is C13H15N3OS. The fourth-order valence-electron chi connectivity index (χ4n) is 1.61. The molecule has 0 spiro atoms. The first-order valence-electron chi connectivity index (χ1n) is 5.92. The molecule has 2 aromatic rings. The zero-order chi connectivity index (χ0) is 13.0. The first-order chi connectivity index (χ1) is 8.74.